The van der Waals surface area contributed by atoms with Crippen LogP contribution < -0.4 is 9.80 Å². The molecule has 0 unspecified atom stereocenters. The Morgan fingerprint density at radius 3 is 1.62 bits per heavy atom. The Morgan fingerprint density at radius 2 is 1.17 bits per heavy atom. The van der Waals surface area contributed by atoms with E-state index in [0.29, 0.717) is 18.1 Å². The van der Waals surface area contributed by atoms with Crippen molar-refractivity contribution in [1.29, 1.82) is 0 Å². The third-order valence-electron chi connectivity index (χ3n) is 4.72. The van der Waals surface area contributed by atoms with E-state index in [0.717, 1.165) is 0 Å². The van der Waals surface area contributed by atoms with E-state index in [1.54, 1.807) is 0 Å². The average Bonchev–Trinajstić information content (AvgIpc) is 2.51. The summed E-state index contributed by atoms with van der Waals surface area (Å²) in [5, 5.41) is 0. The molecule has 0 fully saturated rings. The van der Waals surface area contributed by atoms with Gasteiger partial charge in [0.25, 0.3) is 0 Å². The van der Waals surface area contributed by atoms with Crippen molar-refractivity contribution in [2.75, 3.05) is 16.3 Å². The summed E-state index contributed by atoms with van der Waals surface area (Å²) in [7, 11) is 0. The first kappa shape index (κ1) is 20.9. The molecule has 0 saturated heterocycles. The molecule has 0 N–H and O–H groups in total. The minimum atomic E-state index is 0.524. The Morgan fingerprint density at radius 1 is 0.667 bits per heavy atom. The summed E-state index contributed by atoms with van der Waals surface area (Å²) in [6, 6.07) is 10.8. The molecule has 1 aromatic carbocycles. The molecule has 138 valence electrons. The number of rotatable bonds is 11. The molecule has 1 rings (SSSR count). The van der Waals surface area contributed by atoms with Gasteiger partial charge in [0.05, 0.1) is 0 Å². The third kappa shape index (κ3) is 6.37. The van der Waals surface area contributed by atoms with E-state index in [1.807, 2.05) is 0 Å². The fraction of sp³-hybridized carbons (Fsp3) is 0.727. The fourth-order valence-electron chi connectivity index (χ4n) is 3.58. The van der Waals surface area contributed by atoms with Gasteiger partial charge in [-0.2, -0.15) is 0 Å². The lowest BCUT2D eigenvalue weighted by Gasteiger charge is -2.34. The van der Waals surface area contributed by atoms with Crippen LogP contribution in [0.4, 0.5) is 11.4 Å². The van der Waals surface area contributed by atoms with Gasteiger partial charge in [-0.05, 0) is 72.2 Å². The highest BCUT2D eigenvalue weighted by Crippen LogP contribution is 2.25. The molecule has 0 aliphatic rings. The number of hydrogen-bond acceptors (Lipinski definition) is 2. The summed E-state index contributed by atoms with van der Waals surface area (Å²) in [6.07, 6.45) is 6.71. The maximum Gasteiger partial charge on any atom is 0.0372 e. The van der Waals surface area contributed by atoms with Crippen molar-refractivity contribution in [3.8, 4) is 0 Å². The predicted octanol–water partition coefficient (Wildman–Crippen LogP) is 6.50. The van der Waals surface area contributed by atoms with Crippen molar-refractivity contribution in [2.24, 2.45) is 0 Å². The van der Waals surface area contributed by atoms with Crippen molar-refractivity contribution >= 4 is 11.4 Å². The monoisotopic (exact) mass is 332 g/mol. The van der Waals surface area contributed by atoms with Crippen molar-refractivity contribution in [3.05, 3.63) is 24.3 Å². The van der Waals surface area contributed by atoms with Gasteiger partial charge in [0.15, 0.2) is 0 Å². The van der Waals surface area contributed by atoms with Gasteiger partial charge in [-0.3, -0.25) is 0 Å². The normalized spacial score (nSPS) is 11.6. The summed E-state index contributed by atoms with van der Waals surface area (Å²) in [4.78, 5) is 5.03. The van der Waals surface area contributed by atoms with Crippen LogP contribution in [-0.2, 0) is 0 Å². The van der Waals surface area contributed by atoms with Crippen LogP contribution in [0.1, 0.15) is 80.6 Å². The number of benzene rings is 1. The van der Waals surface area contributed by atoms with E-state index in [4.69, 9.17) is 0 Å². The second-order valence-corrected chi connectivity index (χ2v) is 7.81. The van der Waals surface area contributed by atoms with Crippen LogP contribution in [0, 0.1) is 0 Å². The van der Waals surface area contributed by atoms with Gasteiger partial charge < -0.3 is 9.80 Å². The molecule has 0 radical (unpaired) electrons. The quantitative estimate of drug-likeness (QED) is 0.427. The zero-order chi connectivity index (χ0) is 18.1. The Hall–Kier alpha value is -1.18. The van der Waals surface area contributed by atoms with Crippen LogP contribution in [0.2, 0.25) is 0 Å². The van der Waals surface area contributed by atoms with Gasteiger partial charge in [0, 0.05) is 36.0 Å². The molecule has 2 nitrogen and oxygen atoms in total. The molecule has 0 saturated carbocycles. The average molecular weight is 333 g/mol. The van der Waals surface area contributed by atoms with Gasteiger partial charge in [0.2, 0.25) is 0 Å². The minimum Gasteiger partial charge on any atom is -0.369 e. The molecule has 0 bridgehead atoms. The van der Waals surface area contributed by atoms with E-state index in [1.165, 1.54) is 50.0 Å². The maximum atomic E-state index is 2.55. The molecule has 0 aromatic heterocycles. The van der Waals surface area contributed by atoms with E-state index in [9.17, 15) is 0 Å². The van der Waals surface area contributed by atoms with Gasteiger partial charge in [0.1, 0.15) is 0 Å². The van der Waals surface area contributed by atoms with Gasteiger partial charge in [-0.15, -0.1) is 0 Å². The molecular weight excluding hydrogens is 292 g/mol. The van der Waals surface area contributed by atoms with Gasteiger partial charge in [-0.25, -0.2) is 0 Å². The third-order valence-corrected chi connectivity index (χ3v) is 4.72. The lowest BCUT2D eigenvalue weighted by atomic mass is 10.1. The maximum absolute atomic E-state index is 2.55. The number of hydrogen-bond donors (Lipinski definition) is 0. The Bertz CT molecular complexity index is 426. The molecule has 0 amide bonds. The predicted molar refractivity (Wildman–Crippen MR) is 110 cm³/mol. The first-order valence-corrected chi connectivity index (χ1v) is 10.0. The highest BCUT2D eigenvalue weighted by molar-refractivity contribution is 5.57. The Balaban J connectivity index is 2.75. The number of unbranched alkanes of at least 4 members (excludes halogenated alkanes) is 4. The van der Waals surface area contributed by atoms with E-state index >= 15 is 0 Å². The molecule has 0 aliphatic heterocycles. The van der Waals surface area contributed by atoms with E-state index in [-0.39, 0.29) is 0 Å². The van der Waals surface area contributed by atoms with E-state index < -0.39 is 0 Å². The van der Waals surface area contributed by atoms with Crippen molar-refractivity contribution in [3.63, 3.8) is 0 Å². The Kier molecular flexibility index (Phi) is 9.25. The minimum absolute atomic E-state index is 0.524. The van der Waals surface area contributed by atoms with Crippen molar-refractivity contribution in [2.45, 2.75) is 98.7 Å². The molecule has 2 heteroatoms. The highest BCUT2D eigenvalue weighted by atomic mass is 15.2. The standard InChI is InChI=1S/C22H40N2/c1-8-9-10-11-12-17-23(18(2)3)21-13-15-22(16-14-21)24(19(4)5)20(6)7/h13-16,18-20H,8-12,17H2,1-7H3. The molecular formula is C22H40N2. The van der Waals surface area contributed by atoms with Crippen molar-refractivity contribution in [1.82, 2.24) is 0 Å². The Labute approximate surface area is 151 Å². The van der Waals surface area contributed by atoms with Gasteiger partial charge in [-0.1, -0.05) is 32.6 Å². The molecule has 0 spiro atoms. The van der Waals surface area contributed by atoms with Crippen molar-refractivity contribution < 1.29 is 0 Å². The van der Waals surface area contributed by atoms with Crippen LogP contribution in [0.25, 0.3) is 0 Å². The second-order valence-electron chi connectivity index (χ2n) is 7.81. The van der Waals surface area contributed by atoms with Crippen LogP contribution in [0.5, 0.6) is 0 Å². The molecule has 0 atom stereocenters. The van der Waals surface area contributed by atoms with Crippen LogP contribution in [0.15, 0.2) is 24.3 Å². The van der Waals surface area contributed by atoms with Gasteiger partial charge >= 0.3 is 0 Å². The zero-order valence-electron chi connectivity index (χ0n) is 17.2. The summed E-state index contributed by atoms with van der Waals surface area (Å²) in [5.41, 5.74) is 2.69. The first-order chi connectivity index (χ1) is 11.4. The SMILES string of the molecule is CCCCCCCN(c1ccc(N(C(C)C)C(C)C)cc1)C(C)C. The largest absolute Gasteiger partial charge is 0.369 e. The summed E-state index contributed by atoms with van der Waals surface area (Å²) in [5.74, 6) is 0. The highest BCUT2D eigenvalue weighted by Gasteiger charge is 2.15. The lowest BCUT2D eigenvalue weighted by molar-refractivity contribution is 0.593. The zero-order valence-corrected chi connectivity index (χ0v) is 17.2. The second kappa shape index (κ2) is 10.6. The van der Waals surface area contributed by atoms with Crippen LogP contribution >= 0.6 is 0 Å². The topological polar surface area (TPSA) is 6.48 Å². The van der Waals surface area contributed by atoms with Crippen LogP contribution in [0.3, 0.4) is 0 Å². The number of anilines is 2. The van der Waals surface area contributed by atoms with E-state index in [2.05, 4.69) is 82.5 Å². The summed E-state index contributed by atoms with van der Waals surface area (Å²) >= 11 is 0. The van der Waals surface area contributed by atoms with Crippen LogP contribution in [-0.4, -0.2) is 24.7 Å². The molecule has 24 heavy (non-hydrogen) atoms. The molecule has 0 heterocycles. The summed E-state index contributed by atoms with van der Waals surface area (Å²) < 4.78 is 0. The number of nitrogens with zero attached hydrogens (tertiary/aromatic N) is 2. The summed E-state index contributed by atoms with van der Waals surface area (Å²) in [6.45, 7) is 17.1. The molecule has 1 aromatic rings. The first-order valence-electron chi connectivity index (χ1n) is 10.0. The lowest BCUT2D eigenvalue weighted by Crippen LogP contribution is -2.37. The fourth-order valence-corrected chi connectivity index (χ4v) is 3.58. The molecule has 0 aliphatic carbocycles. The smallest absolute Gasteiger partial charge is 0.0372 e.